The van der Waals surface area contributed by atoms with E-state index >= 15 is 0 Å². The van der Waals surface area contributed by atoms with Gasteiger partial charge in [-0.1, -0.05) is 5.21 Å². The Bertz CT molecular complexity index is 657. The summed E-state index contributed by atoms with van der Waals surface area (Å²) in [5, 5.41) is 26.6. The van der Waals surface area contributed by atoms with Crippen LogP contribution in [0.15, 0.2) is 18.2 Å². The van der Waals surface area contributed by atoms with Crippen LogP contribution < -0.4 is 10.1 Å². The number of nitrogens with zero attached hydrogens (tertiary/aromatic N) is 4. The zero-order valence-corrected chi connectivity index (χ0v) is 11.2. The molecular formula is C11H12N6O4. The Kier molecular flexibility index (Phi) is 4.07. The number of aromatic nitrogens is 4. The van der Waals surface area contributed by atoms with Crippen molar-refractivity contribution in [3.63, 3.8) is 0 Å². The highest BCUT2D eigenvalue weighted by molar-refractivity contribution is 5.95. The van der Waals surface area contributed by atoms with Crippen LogP contribution in [0.25, 0.3) is 0 Å². The molecule has 0 aliphatic rings. The number of carbonyl (C=O) groups excluding carboxylic acids is 1. The molecule has 1 aromatic carbocycles. The van der Waals surface area contributed by atoms with Crippen LogP contribution in [0, 0.1) is 10.1 Å². The normalized spacial score (nSPS) is 11.7. The van der Waals surface area contributed by atoms with E-state index in [1.807, 2.05) is 0 Å². The number of nitrogens with one attached hydrogen (secondary N) is 2. The van der Waals surface area contributed by atoms with Gasteiger partial charge in [-0.25, -0.2) is 0 Å². The lowest BCUT2D eigenvalue weighted by molar-refractivity contribution is -0.385. The molecule has 1 amide bonds. The largest absolute Gasteiger partial charge is 0.490 e. The van der Waals surface area contributed by atoms with E-state index in [2.05, 4.69) is 25.9 Å². The number of tetrazole rings is 1. The van der Waals surface area contributed by atoms with Gasteiger partial charge in [-0.2, -0.15) is 5.21 Å². The van der Waals surface area contributed by atoms with Gasteiger partial charge < -0.3 is 10.1 Å². The fourth-order valence-corrected chi connectivity index (χ4v) is 1.67. The molecule has 10 heteroatoms. The highest BCUT2D eigenvalue weighted by Gasteiger charge is 2.19. The molecule has 0 aliphatic carbocycles. The van der Waals surface area contributed by atoms with E-state index < -0.39 is 16.9 Å². The Morgan fingerprint density at radius 2 is 2.29 bits per heavy atom. The lowest BCUT2D eigenvalue weighted by atomic mass is 10.1. The number of amides is 1. The van der Waals surface area contributed by atoms with E-state index in [-0.39, 0.29) is 17.0 Å². The average Bonchev–Trinajstić information content (AvgIpc) is 3.00. The van der Waals surface area contributed by atoms with E-state index in [9.17, 15) is 14.9 Å². The molecule has 10 nitrogen and oxygen atoms in total. The van der Waals surface area contributed by atoms with Gasteiger partial charge in [0.1, 0.15) is 0 Å². The number of ether oxygens (including phenoxy) is 1. The lowest BCUT2D eigenvalue weighted by Gasteiger charge is -2.10. The van der Waals surface area contributed by atoms with Gasteiger partial charge in [-0.3, -0.25) is 14.9 Å². The summed E-state index contributed by atoms with van der Waals surface area (Å²) in [5.41, 5.74) is 0.0214. The second kappa shape index (κ2) is 5.94. The molecule has 0 aliphatic heterocycles. The zero-order chi connectivity index (χ0) is 15.4. The first kappa shape index (κ1) is 14.4. The van der Waals surface area contributed by atoms with Crippen molar-refractivity contribution in [1.29, 1.82) is 0 Å². The molecule has 0 spiro atoms. The average molecular weight is 292 g/mol. The van der Waals surface area contributed by atoms with Crippen molar-refractivity contribution in [2.75, 3.05) is 7.11 Å². The maximum Gasteiger partial charge on any atom is 0.310 e. The van der Waals surface area contributed by atoms with Gasteiger partial charge in [0.15, 0.2) is 11.6 Å². The Morgan fingerprint density at radius 1 is 1.52 bits per heavy atom. The fraction of sp³-hybridized carbons (Fsp3) is 0.273. The van der Waals surface area contributed by atoms with Crippen molar-refractivity contribution < 1.29 is 14.5 Å². The van der Waals surface area contributed by atoms with Crippen molar-refractivity contribution in [2.45, 2.75) is 13.0 Å². The summed E-state index contributed by atoms with van der Waals surface area (Å²) in [4.78, 5) is 22.3. The third-order valence-corrected chi connectivity index (χ3v) is 2.74. The van der Waals surface area contributed by atoms with Crippen molar-refractivity contribution in [3.05, 3.63) is 39.7 Å². The number of hydrogen-bond acceptors (Lipinski definition) is 7. The number of hydrogen-bond donors (Lipinski definition) is 2. The number of methoxy groups -OCH3 is 1. The van der Waals surface area contributed by atoms with Crippen LogP contribution in [0.3, 0.4) is 0 Å². The summed E-state index contributed by atoms with van der Waals surface area (Å²) in [7, 11) is 1.30. The van der Waals surface area contributed by atoms with E-state index in [4.69, 9.17) is 4.74 Å². The first-order valence-electron chi connectivity index (χ1n) is 5.89. The summed E-state index contributed by atoms with van der Waals surface area (Å²) < 4.78 is 4.91. The second-order valence-electron chi connectivity index (χ2n) is 4.11. The van der Waals surface area contributed by atoms with Crippen LogP contribution >= 0.6 is 0 Å². The van der Waals surface area contributed by atoms with Crippen molar-refractivity contribution in [3.8, 4) is 5.75 Å². The van der Waals surface area contributed by atoms with E-state index in [0.717, 1.165) is 0 Å². The van der Waals surface area contributed by atoms with Crippen molar-refractivity contribution in [2.24, 2.45) is 0 Å². The monoisotopic (exact) mass is 292 g/mol. The second-order valence-corrected chi connectivity index (χ2v) is 4.11. The minimum atomic E-state index is -0.581. The highest BCUT2D eigenvalue weighted by Crippen LogP contribution is 2.27. The number of aromatic amines is 1. The fourth-order valence-electron chi connectivity index (χ4n) is 1.67. The van der Waals surface area contributed by atoms with E-state index in [0.29, 0.717) is 5.82 Å². The third kappa shape index (κ3) is 3.11. The number of H-pyrrole nitrogens is 1. The molecule has 0 radical (unpaired) electrons. The van der Waals surface area contributed by atoms with Gasteiger partial charge in [-0.15, -0.1) is 10.2 Å². The van der Waals surface area contributed by atoms with Crippen LogP contribution in [0.2, 0.25) is 0 Å². The quantitative estimate of drug-likeness (QED) is 0.608. The molecule has 1 aromatic heterocycles. The molecule has 2 rings (SSSR count). The summed E-state index contributed by atoms with van der Waals surface area (Å²) >= 11 is 0. The zero-order valence-electron chi connectivity index (χ0n) is 11.2. The predicted octanol–water partition coefficient (Wildman–Crippen LogP) is 0.607. The van der Waals surface area contributed by atoms with E-state index in [1.54, 1.807) is 6.92 Å². The van der Waals surface area contributed by atoms with E-state index in [1.165, 1.54) is 25.3 Å². The summed E-state index contributed by atoms with van der Waals surface area (Å²) in [6, 6.07) is 3.40. The van der Waals surface area contributed by atoms with Gasteiger partial charge in [0.05, 0.1) is 18.1 Å². The van der Waals surface area contributed by atoms with Crippen LogP contribution in [0.5, 0.6) is 5.75 Å². The molecule has 1 atom stereocenters. The van der Waals surface area contributed by atoms with Crippen LogP contribution in [0.1, 0.15) is 29.1 Å². The molecule has 2 N–H and O–H groups in total. The number of benzene rings is 1. The Labute approximate surface area is 118 Å². The first-order valence-corrected chi connectivity index (χ1v) is 5.89. The smallest absolute Gasteiger partial charge is 0.310 e. The molecule has 1 unspecified atom stereocenters. The third-order valence-electron chi connectivity index (χ3n) is 2.74. The topological polar surface area (TPSA) is 136 Å². The molecule has 0 fully saturated rings. The Hall–Kier alpha value is -3.04. The van der Waals surface area contributed by atoms with Crippen molar-refractivity contribution in [1.82, 2.24) is 25.9 Å². The van der Waals surface area contributed by atoms with Crippen LogP contribution in [-0.2, 0) is 0 Å². The number of carbonyl (C=O) groups is 1. The van der Waals surface area contributed by atoms with Gasteiger partial charge in [0.25, 0.3) is 5.91 Å². The molecule has 0 saturated heterocycles. The van der Waals surface area contributed by atoms with Crippen molar-refractivity contribution >= 4 is 11.6 Å². The highest BCUT2D eigenvalue weighted by atomic mass is 16.6. The minimum Gasteiger partial charge on any atom is -0.490 e. The molecule has 110 valence electrons. The van der Waals surface area contributed by atoms with Gasteiger partial charge >= 0.3 is 5.69 Å². The molecule has 2 aromatic rings. The van der Waals surface area contributed by atoms with Gasteiger partial charge in [0, 0.05) is 17.7 Å². The van der Waals surface area contributed by atoms with Crippen LogP contribution in [-0.4, -0.2) is 38.6 Å². The maximum absolute atomic E-state index is 12.1. The summed E-state index contributed by atoms with van der Waals surface area (Å²) in [6.45, 7) is 1.69. The Morgan fingerprint density at radius 3 is 2.86 bits per heavy atom. The molecule has 0 saturated carbocycles. The molecule has 21 heavy (non-hydrogen) atoms. The molecular weight excluding hydrogens is 280 g/mol. The SMILES string of the molecule is COc1cc(C(=O)NC(C)c2nn[nH]n2)ccc1[N+](=O)[O-]. The number of rotatable bonds is 5. The summed E-state index contributed by atoms with van der Waals surface area (Å²) in [6.07, 6.45) is 0. The van der Waals surface area contributed by atoms with Crippen LogP contribution in [0.4, 0.5) is 5.69 Å². The van der Waals surface area contributed by atoms with Gasteiger partial charge in [0.2, 0.25) is 0 Å². The number of nitro benzene ring substituents is 1. The first-order chi connectivity index (χ1) is 10.0. The maximum atomic E-state index is 12.1. The minimum absolute atomic E-state index is 0.0138. The predicted molar refractivity (Wildman–Crippen MR) is 69.7 cm³/mol. The Balaban J connectivity index is 2.18. The number of nitro groups is 1. The standard InChI is InChI=1S/C11H12N6O4/c1-6(10-13-15-16-14-10)12-11(18)7-3-4-8(17(19)20)9(5-7)21-2/h3-6H,1-2H3,(H,12,18)(H,13,14,15,16). The molecule has 0 bridgehead atoms. The molecule has 1 heterocycles. The lowest BCUT2D eigenvalue weighted by Crippen LogP contribution is -2.27. The van der Waals surface area contributed by atoms with Gasteiger partial charge in [-0.05, 0) is 13.0 Å². The summed E-state index contributed by atoms with van der Waals surface area (Å²) in [5.74, 6) is -0.0856.